The van der Waals surface area contributed by atoms with Crippen molar-refractivity contribution in [2.45, 2.75) is 0 Å². The van der Waals surface area contributed by atoms with Crippen LogP contribution in [0.25, 0.3) is 10.6 Å². The van der Waals surface area contributed by atoms with E-state index in [0.717, 1.165) is 12.1 Å². The average molecular weight is 340 g/mol. The van der Waals surface area contributed by atoms with E-state index in [2.05, 4.69) is 15.5 Å². The molecule has 0 atom stereocenters. The molecule has 118 valence electrons. The van der Waals surface area contributed by atoms with Gasteiger partial charge in [-0.15, -0.1) is 10.2 Å². The van der Waals surface area contributed by atoms with Gasteiger partial charge < -0.3 is 9.80 Å². The Hall–Kier alpha value is -1.70. The first-order valence-electron chi connectivity index (χ1n) is 6.72. The van der Waals surface area contributed by atoms with Gasteiger partial charge in [0.2, 0.25) is 5.13 Å². The zero-order valence-electron chi connectivity index (χ0n) is 12.7. The van der Waals surface area contributed by atoms with Crippen molar-refractivity contribution in [2.24, 2.45) is 0 Å². The summed E-state index contributed by atoms with van der Waals surface area (Å²) in [4.78, 5) is 15.7. The molecule has 0 unspecified atom stereocenters. The number of aromatic nitrogens is 2. The van der Waals surface area contributed by atoms with E-state index in [1.54, 1.807) is 18.0 Å². The second kappa shape index (κ2) is 7.53. The third kappa shape index (κ3) is 4.66. The van der Waals surface area contributed by atoms with Crippen molar-refractivity contribution in [3.63, 3.8) is 0 Å². The number of amides is 2. The number of urea groups is 1. The van der Waals surface area contributed by atoms with Gasteiger partial charge in [-0.25, -0.2) is 4.79 Å². The summed E-state index contributed by atoms with van der Waals surface area (Å²) in [6.07, 6.45) is 0. The maximum atomic E-state index is 12.0. The normalized spacial score (nSPS) is 10.8. The number of rotatable bonds is 5. The van der Waals surface area contributed by atoms with Gasteiger partial charge in [-0.2, -0.15) is 0 Å². The molecule has 22 heavy (non-hydrogen) atoms. The number of nitrogens with zero attached hydrogens (tertiary/aromatic N) is 4. The predicted molar refractivity (Wildman–Crippen MR) is 90.6 cm³/mol. The first kappa shape index (κ1) is 16.7. The Morgan fingerprint density at radius 1 is 1.27 bits per heavy atom. The van der Waals surface area contributed by atoms with Gasteiger partial charge in [0, 0.05) is 30.7 Å². The average Bonchev–Trinajstić information content (AvgIpc) is 2.93. The lowest BCUT2D eigenvalue weighted by Gasteiger charge is -2.19. The van der Waals surface area contributed by atoms with Gasteiger partial charge in [0.1, 0.15) is 5.01 Å². The SMILES string of the molecule is CN(C)CCN(C)C(=O)Nc1nnc(-c2cccc(Cl)c2)s1. The van der Waals surface area contributed by atoms with Gasteiger partial charge in [0.25, 0.3) is 0 Å². The summed E-state index contributed by atoms with van der Waals surface area (Å²) in [5.41, 5.74) is 0.881. The highest BCUT2D eigenvalue weighted by molar-refractivity contribution is 7.18. The standard InChI is InChI=1S/C14H18ClN5OS/c1-19(2)7-8-20(3)14(21)16-13-18-17-12(22-13)10-5-4-6-11(15)9-10/h4-6,9H,7-8H2,1-3H3,(H,16,18,21). The van der Waals surface area contributed by atoms with E-state index >= 15 is 0 Å². The van der Waals surface area contributed by atoms with Crippen molar-refractivity contribution in [3.8, 4) is 10.6 Å². The molecule has 0 spiro atoms. The molecule has 0 aliphatic rings. The van der Waals surface area contributed by atoms with E-state index in [1.165, 1.54) is 11.3 Å². The number of benzene rings is 1. The fourth-order valence-corrected chi connectivity index (χ4v) is 2.57. The number of anilines is 1. The van der Waals surface area contributed by atoms with Crippen LogP contribution in [-0.2, 0) is 0 Å². The van der Waals surface area contributed by atoms with Crippen LogP contribution in [0.1, 0.15) is 0 Å². The Bertz CT molecular complexity index is 646. The first-order chi connectivity index (χ1) is 10.5. The maximum absolute atomic E-state index is 12.0. The van der Waals surface area contributed by atoms with Gasteiger partial charge >= 0.3 is 6.03 Å². The number of hydrogen-bond acceptors (Lipinski definition) is 5. The zero-order chi connectivity index (χ0) is 16.1. The van der Waals surface area contributed by atoms with Gasteiger partial charge in [-0.1, -0.05) is 35.1 Å². The number of hydrogen-bond donors (Lipinski definition) is 1. The molecule has 0 radical (unpaired) electrons. The molecule has 0 saturated heterocycles. The Morgan fingerprint density at radius 2 is 2.05 bits per heavy atom. The van der Waals surface area contributed by atoms with E-state index in [0.29, 0.717) is 21.7 Å². The van der Waals surface area contributed by atoms with Gasteiger partial charge in [-0.05, 0) is 26.2 Å². The van der Waals surface area contributed by atoms with E-state index in [4.69, 9.17) is 11.6 Å². The van der Waals surface area contributed by atoms with Crippen molar-refractivity contribution < 1.29 is 4.79 Å². The van der Waals surface area contributed by atoms with Crippen LogP contribution in [0.15, 0.2) is 24.3 Å². The molecule has 2 amide bonds. The van der Waals surface area contributed by atoms with Crippen molar-refractivity contribution in [3.05, 3.63) is 29.3 Å². The highest BCUT2D eigenvalue weighted by Crippen LogP contribution is 2.28. The summed E-state index contributed by atoms with van der Waals surface area (Å²) < 4.78 is 0. The molecule has 0 fully saturated rings. The third-order valence-corrected chi connectivity index (χ3v) is 4.06. The zero-order valence-corrected chi connectivity index (χ0v) is 14.3. The van der Waals surface area contributed by atoms with E-state index in [1.807, 2.05) is 37.2 Å². The number of nitrogens with one attached hydrogen (secondary N) is 1. The maximum Gasteiger partial charge on any atom is 0.323 e. The number of likely N-dealkylation sites (N-methyl/N-ethyl adjacent to an activating group) is 2. The summed E-state index contributed by atoms with van der Waals surface area (Å²) in [5, 5.41) is 12.7. The van der Waals surface area contributed by atoms with Crippen molar-refractivity contribution in [1.82, 2.24) is 20.0 Å². The Labute approximate surface area is 138 Å². The molecule has 0 saturated carbocycles. The van der Waals surface area contributed by atoms with Crippen LogP contribution < -0.4 is 5.32 Å². The van der Waals surface area contributed by atoms with E-state index in [9.17, 15) is 4.79 Å². The summed E-state index contributed by atoms with van der Waals surface area (Å²) in [6, 6.07) is 7.18. The number of carbonyl (C=O) groups is 1. The van der Waals surface area contributed by atoms with Crippen LogP contribution in [0.3, 0.4) is 0 Å². The highest BCUT2D eigenvalue weighted by atomic mass is 35.5. The summed E-state index contributed by atoms with van der Waals surface area (Å²) in [7, 11) is 5.68. The lowest BCUT2D eigenvalue weighted by atomic mass is 10.2. The van der Waals surface area contributed by atoms with E-state index in [-0.39, 0.29) is 6.03 Å². The monoisotopic (exact) mass is 339 g/mol. The molecule has 6 nitrogen and oxygen atoms in total. The summed E-state index contributed by atoms with van der Waals surface area (Å²) in [5.74, 6) is 0. The van der Waals surface area contributed by atoms with Gasteiger partial charge in [0.15, 0.2) is 0 Å². The minimum Gasteiger partial charge on any atom is -0.326 e. The lowest BCUT2D eigenvalue weighted by Crippen LogP contribution is -2.36. The molecule has 1 heterocycles. The van der Waals surface area contributed by atoms with Crippen LogP contribution in [0.2, 0.25) is 5.02 Å². The number of halogens is 1. The Kier molecular flexibility index (Phi) is 5.70. The van der Waals surface area contributed by atoms with Crippen molar-refractivity contribution in [2.75, 3.05) is 39.5 Å². The smallest absolute Gasteiger partial charge is 0.323 e. The fourth-order valence-electron chi connectivity index (χ4n) is 1.65. The summed E-state index contributed by atoms with van der Waals surface area (Å²) in [6.45, 7) is 1.44. The first-order valence-corrected chi connectivity index (χ1v) is 7.91. The molecule has 2 rings (SSSR count). The van der Waals surface area contributed by atoms with Crippen LogP contribution >= 0.6 is 22.9 Å². The Balaban J connectivity index is 1.98. The molecular weight excluding hydrogens is 322 g/mol. The second-order valence-electron chi connectivity index (χ2n) is 5.08. The quantitative estimate of drug-likeness (QED) is 0.909. The van der Waals surface area contributed by atoms with E-state index < -0.39 is 0 Å². The van der Waals surface area contributed by atoms with Crippen molar-refractivity contribution >= 4 is 34.1 Å². The molecule has 0 aliphatic carbocycles. The third-order valence-electron chi connectivity index (χ3n) is 2.94. The minimum atomic E-state index is -0.198. The molecule has 0 bridgehead atoms. The van der Waals surface area contributed by atoms with Crippen LogP contribution in [0.5, 0.6) is 0 Å². The predicted octanol–water partition coefficient (Wildman–Crippen LogP) is 2.88. The second-order valence-corrected chi connectivity index (χ2v) is 6.49. The highest BCUT2D eigenvalue weighted by Gasteiger charge is 2.13. The molecule has 0 aliphatic heterocycles. The van der Waals surface area contributed by atoms with Crippen LogP contribution in [0.4, 0.5) is 9.93 Å². The molecule has 1 N–H and O–H groups in total. The molecular formula is C14H18ClN5OS. The van der Waals surface area contributed by atoms with Gasteiger partial charge in [0.05, 0.1) is 0 Å². The van der Waals surface area contributed by atoms with Crippen molar-refractivity contribution in [1.29, 1.82) is 0 Å². The largest absolute Gasteiger partial charge is 0.326 e. The fraction of sp³-hybridized carbons (Fsp3) is 0.357. The van der Waals surface area contributed by atoms with Gasteiger partial charge in [-0.3, -0.25) is 5.32 Å². The summed E-state index contributed by atoms with van der Waals surface area (Å²) >= 11 is 7.28. The molecule has 2 aromatic rings. The Morgan fingerprint density at radius 3 is 2.73 bits per heavy atom. The molecule has 1 aromatic heterocycles. The topological polar surface area (TPSA) is 61.4 Å². The van der Waals surface area contributed by atoms with Crippen LogP contribution in [0, 0.1) is 0 Å². The molecule has 1 aromatic carbocycles. The number of carbonyl (C=O) groups excluding carboxylic acids is 1. The molecule has 8 heteroatoms. The minimum absolute atomic E-state index is 0.198. The van der Waals surface area contributed by atoms with Crippen LogP contribution in [-0.4, -0.2) is 60.3 Å². The lowest BCUT2D eigenvalue weighted by molar-refractivity contribution is 0.217.